The SMILES string of the molecule is CCc1ccc(CC(NN)c2ccc(Br)cc2F)nc1. The average Bonchev–Trinajstić information content (AvgIpc) is 2.46. The normalized spacial score (nSPS) is 12.4. The number of aromatic nitrogens is 1. The molecule has 106 valence electrons. The van der Waals surface area contributed by atoms with Gasteiger partial charge in [-0.3, -0.25) is 16.3 Å². The van der Waals surface area contributed by atoms with Gasteiger partial charge in [-0.2, -0.15) is 0 Å². The molecule has 3 N–H and O–H groups in total. The molecule has 2 rings (SSSR count). The van der Waals surface area contributed by atoms with Crippen molar-refractivity contribution in [3.05, 3.63) is 63.6 Å². The highest BCUT2D eigenvalue weighted by molar-refractivity contribution is 9.10. The maximum atomic E-state index is 14.0. The second-order valence-corrected chi connectivity index (χ2v) is 5.52. The van der Waals surface area contributed by atoms with Gasteiger partial charge in [-0.05, 0) is 30.2 Å². The van der Waals surface area contributed by atoms with E-state index in [2.05, 4.69) is 33.3 Å². The van der Waals surface area contributed by atoms with Gasteiger partial charge in [-0.1, -0.05) is 35.0 Å². The largest absolute Gasteiger partial charge is 0.271 e. The van der Waals surface area contributed by atoms with Crippen LogP contribution in [0, 0.1) is 5.82 Å². The number of nitrogens with zero attached hydrogens (tertiary/aromatic N) is 1. The highest BCUT2D eigenvalue weighted by Gasteiger charge is 2.15. The van der Waals surface area contributed by atoms with Crippen molar-refractivity contribution in [2.24, 2.45) is 5.84 Å². The molecule has 0 radical (unpaired) electrons. The number of aryl methyl sites for hydroxylation is 1. The molecule has 5 heteroatoms. The van der Waals surface area contributed by atoms with Crippen LogP contribution >= 0.6 is 15.9 Å². The van der Waals surface area contributed by atoms with E-state index in [0.717, 1.165) is 12.1 Å². The van der Waals surface area contributed by atoms with Crippen LogP contribution in [0.3, 0.4) is 0 Å². The average molecular weight is 338 g/mol. The summed E-state index contributed by atoms with van der Waals surface area (Å²) in [6, 6.07) is 8.66. The van der Waals surface area contributed by atoms with Gasteiger partial charge in [0.2, 0.25) is 0 Å². The fourth-order valence-corrected chi connectivity index (χ4v) is 2.37. The van der Waals surface area contributed by atoms with E-state index in [1.807, 2.05) is 18.3 Å². The Morgan fingerprint density at radius 1 is 1.35 bits per heavy atom. The Balaban J connectivity index is 2.19. The highest BCUT2D eigenvalue weighted by atomic mass is 79.9. The molecule has 0 saturated heterocycles. The molecule has 1 atom stereocenters. The quantitative estimate of drug-likeness (QED) is 0.650. The summed E-state index contributed by atoms with van der Waals surface area (Å²) >= 11 is 3.25. The first kappa shape index (κ1) is 15.1. The maximum Gasteiger partial charge on any atom is 0.129 e. The molecule has 20 heavy (non-hydrogen) atoms. The minimum absolute atomic E-state index is 0.285. The third kappa shape index (κ3) is 3.62. The Morgan fingerprint density at radius 3 is 2.70 bits per heavy atom. The van der Waals surface area contributed by atoms with Crippen LogP contribution < -0.4 is 11.3 Å². The molecule has 0 aliphatic carbocycles. The number of pyridine rings is 1. The van der Waals surface area contributed by atoms with Crippen LogP contribution in [-0.2, 0) is 12.8 Å². The van der Waals surface area contributed by atoms with Crippen molar-refractivity contribution < 1.29 is 4.39 Å². The fraction of sp³-hybridized carbons (Fsp3) is 0.267. The number of hydrazine groups is 1. The van der Waals surface area contributed by atoms with Crippen molar-refractivity contribution in [2.45, 2.75) is 25.8 Å². The predicted molar refractivity (Wildman–Crippen MR) is 81.5 cm³/mol. The minimum Gasteiger partial charge on any atom is -0.271 e. The van der Waals surface area contributed by atoms with E-state index in [4.69, 9.17) is 5.84 Å². The zero-order valence-electron chi connectivity index (χ0n) is 11.2. The molecule has 3 nitrogen and oxygen atoms in total. The molecule has 0 spiro atoms. The number of benzene rings is 1. The summed E-state index contributed by atoms with van der Waals surface area (Å²) < 4.78 is 14.7. The van der Waals surface area contributed by atoms with Gasteiger partial charge in [0, 0.05) is 28.3 Å². The van der Waals surface area contributed by atoms with E-state index in [9.17, 15) is 4.39 Å². The van der Waals surface area contributed by atoms with Crippen molar-refractivity contribution in [1.29, 1.82) is 0 Å². The van der Waals surface area contributed by atoms with Gasteiger partial charge in [-0.15, -0.1) is 0 Å². The molecular weight excluding hydrogens is 321 g/mol. The van der Waals surface area contributed by atoms with Crippen molar-refractivity contribution in [1.82, 2.24) is 10.4 Å². The van der Waals surface area contributed by atoms with Crippen LogP contribution in [0.2, 0.25) is 0 Å². The summed E-state index contributed by atoms with van der Waals surface area (Å²) in [6.07, 6.45) is 3.34. The summed E-state index contributed by atoms with van der Waals surface area (Å²) in [5.74, 6) is 5.27. The molecule has 0 aliphatic rings. The number of rotatable bonds is 5. The second-order valence-electron chi connectivity index (χ2n) is 4.60. The maximum absolute atomic E-state index is 14.0. The first-order chi connectivity index (χ1) is 9.63. The van der Waals surface area contributed by atoms with Crippen LogP contribution in [-0.4, -0.2) is 4.98 Å². The van der Waals surface area contributed by atoms with Gasteiger partial charge in [0.05, 0.1) is 6.04 Å². The lowest BCUT2D eigenvalue weighted by Gasteiger charge is -2.17. The summed E-state index contributed by atoms with van der Waals surface area (Å²) in [4.78, 5) is 4.38. The molecule has 1 heterocycles. The number of hydrogen-bond acceptors (Lipinski definition) is 3. The van der Waals surface area contributed by atoms with E-state index in [0.29, 0.717) is 16.5 Å². The zero-order valence-corrected chi connectivity index (χ0v) is 12.8. The van der Waals surface area contributed by atoms with E-state index in [1.165, 1.54) is 11.6 Å². The number of hydrogen-bond donors (Lipinski definition) is 2. The van der Waals surface area contributed by atoms with Crippen LogP contribution in [0.25, 0.3) is 0 Å². The van der Waals surface area contributed by atoms with Crippen molar-refractivity contribution in [2.75, 3.05) is 0 Å². The standard InChI is InChI=1S/C15H17BrFN3/c1-2-10-3-5-12(19-9-10)8-15(20-18)13-6-4-11(16)7-14(13)17/h3-7,9,15,20H,2,8,18H2,1H3. The van der Waals surface area contributed by atoms with Gasteiger partial charge in [0.25, 0.3) is 0 Å². The Bertz CT molecular complexity index is 572. The Hall–Kier alpha value is -1.30. The third-order valence-corrected chi connectivity index (χ3v) is 3.74. The van der Waals surface area contributed by atoms with E-state index in [-0.39, 0.29) is 11.9 Å². The molecule has 1 aromatic heterocycles. The fourth-order valence-electron chi connectivity index (χ4n) is 2.04. The zero-order chi connectivity index (χ0) is 14.5. The van der Waals surface area contributed by atoms with Crippen molar-refractivity contribution in [3.63, 3.8) is 0 Å². The first-order valence-corrected chi connectivity index (χ1v) is 7.28. The molecule has 0 amide bonds. The Morgan fingerprint density at radius 2 is 2.15 bits per heavy atom. The molecule has 1 aromatic carbocycles. The first-order valence-electron chi connectivity index (χ1n) is 6.49. The summed E-state index contributed by atoms with van der Waals surface area (Å²) in [5.41, 5.74) is 5.26. The van der Waals surface area contributed by atoms with Crippen LogP contribution in [0.5, 0.6) is 0 Å². The van der Waals surface area contributed by atoms with Crippen LogP contribution in [0.15, 0.2) is 41.0 Å². The lowest BCUT2D eigenvalue weighted by molar-refractivity contribution is 0.506. The summed E-state index contributed by atoms with van der Waals surface area (Å²) in [6.45, 7) is 2.08. The summed E-state index contributed by atoms with van der Waals surface area (Å²) in [7, 11) is 0. The Labute approximate surface area is 126 Å². The molecule has 2 aromatic rings. The number of halogens is 2. The smallest absolute Gasteiger partial charge is 0.129 e. The van der Waals surface area contributed by atoms with Gasteiger partial charge in [-0.25, -0.2) is 4.39 Å². The van der Waals surface area contributed by atoms with E-state index < -0.39 is 0 Å². The van der Waals surface area contributed by atoms with Crippen molar-refractivity contribution >= 4 is 15.9 Å². The van der Waals surface area contributed by atoms with E-state index >= 15 is 0 Å². The number of nitrogens with one attached hydrogen (secondary N) is 1. The predicted octanol–water partition coefficient (Wildman–Crippen LogP) is 3.29. The second kappa shape index (κ2) is 6.92. The molecular formula is C15H17BrFN3. The lowest BCUT2D eigenvalue weighted by Crippen LogP contribution is -2.30. The molecule has 0 saturated carbocycles. The third-order valence-electron chi connectivity index (χ3n) is 3.25. The minimum atomic E-state index is -0.303. The monoisotopic (exact) mass is 337 g/mol. The van der Waals surface area contributed by atoms with Gasteiger partial charge in [0.15, 0.2) is 0 Å². The van der Waals surface area contributed by atoms with Crippen LogP contribution in [0.1, 0.15) is 29.8 Å². The molecule has 1 unspecified atom stereocenters. The Kier molecular flexibility index (Phi) is 5.23. The van der Waals surface area contributed by atoms with Gasteiger partial charge in [0.1, 0.15) is 5.82 Å². The lowest BCUT2D eigenvalue weighted by atomic mass is 10.0. The molecule has 0 fully saturated rings. The number of nitrogens with two attached hydrogens (primary N) is 1. The van der Waals surface area contributed by atoms with Crippen molar-refractivity contribution in [3.8, 4) is 0 Å². The summed E-state index contributed by atoms with van der Waals surface area (Å²) in [5, 5.41) is 0. The van der Waals surface area contributed by atoms with E-state index in [1.54, 1.807) is 12.1 Å². The topological polar surface area (TPSA) is 50.9 Å². The van der Waals surface area contributed by atoms with Gasteiger partial charge < -0.3 is 0 Å². The molecule has 0 aliphatic heterocycles. The highest BCUT2D eigenvalue weighted by Crippen LogP contribution is 2.23. The molecule has 0 bridgehead atoms. The van der Waals surface area contributed by atoms with Gasteiger partial charge >= 0.3 is 0 Å². The van der Waals surface area contributed by atoms with Crippen LogP contribution in [0.4, 0.5) is 4.39 Å².